The van der Waals surface area contributed by atoms with Gasteiger partial charge in [0.15, 0.2) is 0 Å². The highest BCUT2D eigenvalue weighted by atomic mass is 35.5. The van der Waals surface area contributed by atoms with Gasteiger partial charge in [-0.3, -0.25) is 14.9 Å². The molecule has 9 heteroatoms. The van der Waals surface area contributed by atoms with Crippen molar-refractivity contribution in [2.24, 2.45) is 0 Å². The van der Waals surface area contributed by atoms with Gasteiger partial charge in [-0.25, -0.2) is 9.78 Å². The maximum atomic E-state index is 11.2. The smallest absolute Gasteiger partial charge is 0.308 e. The predicted molar refractivity (Wildman–Crippen MR) is 59.9 cm³/mol. The molecule has 84 valence electrons. The summed E-state index contributed by atoms with van der Waals surface area (Å²) >= 11 is 9.95. The van der Waals surface area contributed by atoms with Gasteiger partial charge in [0, 0.05) is 0 Å². The second-order valence-corrected chi connectivity index (χ2v) is 3.80. The molecule has 16 heavy (non-hydrogen) atoms. The second kappa shape index (κ2) is 4.14. The summed E-state index contributed by atoms with van der Waals surface area (Å²) in [6.45, 7) is 0. The highest BCUT2D eigenvalue weighted by molar-refractivity contribution is 7.80. The van der Waals surface area contributed by atoms with Crippen LogP contribution in [-0.4, -0.2) is 25.1 Å². The molecule has 2 aromatic rings. The van der Waals surface area contributed by atoms with Gasteiger partial charge in [0.2, 0.25) is 0 Å². The van der Waals surface area contributed by atoms with E-state index in [9.17, 15) is 9.59 Å². The van der Waals surface area contributed by atoms with Crippen molar-refractivity contribution in [2.75, 3.05) is 0 Å². The highest BCUT2D eigenvalue weighted by Crippen LogP contribution is 2.26. The van der Waals surface area contributed by atoms with E-state index < -0.39 is 16.5 Å². The van der Waals surface area contributed by atoms with Crippen molar-refractivity contribution in [2.45, 2.75) is 5.25 Å². The Balaban J connectivity index is 2.57. The first-order valence-corrected chi connectivity index (χ1v) is 5.04. The fourth-order valence-corrected chi connectivity index (χ4v) is 1.76. The summed E-state index contributed by atoms with van der Waals surface area (Å²) in [5.41, 5.74) is -1.14. The largest absolute Gasteiger partial charge is 0.326 e. The van der Waals surface area contributed by atoms with Crippen LogP contribution in [0.4, 0.5) is 0 Å². The van der Waals surface area contributed by atoms with E-state index in [2.05, 4.69) is 32.8 Å². The molecule has 0 fully saturated rings. The molecule has 7 nitrogen and oxygen atoms in total. The van der Waals surface area contributed by atoms with Crippen molar-refractivity contribution >= 4 is 24.2 Å². The van der Waals surface area contributed by atoms with E-state index in [0.717, 1.165) is 0 Å². The molecule has 0 saturated carbocycles. The Morgan fingerprint density at radius 1 is 1.38 bits per heavy atom. The minimum atomic E-state index is -0.668. The monoisotopic (exact) mass is 259 g/mol. The third kappa shape index (κ3) is 1.89. The molecule has 0 aromatic carbocycles. The van der Waals surface area contributed by atoms with E-state index in [1.54, 1.807) is 0 Å². The van der Waals surface area contributed by atoms with Gasteiger partial charge in [-0.15, -0.1) is 0 Å². The first kappa shape index (κ1) is 11.0. The highest BCUT2D eigenvalue weighted by Gasteiger charge is 2.18. The Morgan fingerprint density at radius 3 is 2.75 bits per heavy atom. The first-order chi connectivity index (χ1) is 7.59. The molecule has 0 aliphatic rings. The van der Waals surface area contributed by atoms with E-state index in [4.69, 9.17) is 11.6 Å². The summed E-state index contributed by atoms with van der Waals surface area (Å²) in [7, 11) is 0. The third-order valence-electron chi connectivity index (χ3n) is 1.88. The maximum Gasteiger partial charge on any atom is 0.326 e. The van der Waals surface area contributed by atoms with Crippen molar-refractivity contribution in [3.63, 3.8) is 0 Å². The average Bonchev–Trinajstić information content (AvgIpc) is 2.75. The minimum Gasteiger partial charge on any atom is -0.308 e. The van der Waals surface area contributed by atoms with E-state index in [0.29, 0.717) is 5.82 Å². The number of hydrogen-bond donors (Lipinski definition) is 4. The molecule has 0 aliphatic heterocycles. The van der Waals surface area contributed by atoms with Crippen molar-refractivity contribution in [1.29, 1.82) is 0 Å². The summed E-state index contributed by atoms with van der Waals surface area (Å²) in [6, 6.07) is 0. The average molecular weight is 260 g/mol. The molecule has 2 aromatic heterocycles. The van der Waals surface area contributed by atoms with Crippen molar-refractivity contribution < 1.29 is 0 Å². The molecule has 2 heterocycles. The molecule has 0 radical (unpaired) electrons. The Morgan fingerprint density at radius 2 is 2.12 bits per heavy atom. The van der Waals surface area contributed by atoms with Crippen LogP contribution < -0.4 is 11.2 Å². The van der Waals surface area contributed by atoms with E-state index >= 15 is 0 Å². The zero-order valence-electron chi connectivity index (χ0n) is 7.69. The van der Waals surface area contributed by atoms with Gasteiger partial charge in [0.05, 0.1) is 5.69 Å². The molecule has 3 N–H and O–H groups in total. The first-order valence-electron chi connectivity index (χ1n) is 4.15. The molecule has 2 rings (SSSR count). The molecule has 1 atom stereocenters. The number of aromatic nitrogens is 5. The van der Waals surface area contributed by atoms with Gasteiger partial charge in [-0.1, -0.05) is 11.6 Å². The predicted octanol–water partition coefficient (Wildman–Crippen LogP) is -0.146. The standard InChI is InChI=1S/C7H6ClN5O2S/c8-2-3(11-7(15)12-6(2)14)4(16)5-9-1-10-13-5/h1,4,16H,(H,9,10,13)(H2,11,12,14,15). The van der Waals surface area contributed by atoms with Crippen molar-refractivity contribution in [3.8, 4) is 0 Å². The lowest BCUT2D eigenvalue weighted by Crippen LogP contribution is -2.25. The van der Waals surface area contributed by atoms with Crippen LogP contribution in [0.15, 0.2) is 15.9 Å². The normalized spacial score (nSPS) is 12.6. The number of halogens is 1. The van der Waals surface area contributed by atoms with Gasteiger partial charge >= 0.3 is 5.69 Å². The summed E-state index contributed by atoms with van der Waals surface area (Å²) in [4.78, 5) is 30.6. The molecule has 1 unspecified atom stereocenters. The van der Waals surface area contributed by atoms with E-state index in [1.807, 2.05) is 4.98 Å². The zero-order valence-corrected chi connectivity index (χ0v) is 9.34. The minimum absolute atomic E-state index is 0.129. The third-order valence-corrected chi connectivity index (χ3v) is 2.76. The lowest BCUT2D eigenvalue weighted by molar-refractivity contribution is 0.891. The van der Waals surface area contributed by atoms with E-state index in [-0.39, 0.29) is 10.7 Å². The zero-order chi connectivity index (χ0) is 11.7. The van der Waals surface area contributed by atoms with Crippen LogP contribution in [0.5, 0.6) is 0 Å². The molecular weight excluding hydrogens is 254 g/mol. The number of H-pyrrole nitrogens is 3. The Hall–Kier alpha value is -1.54. The van der Waals surface area contributed by atoms with Gasteiger partial charge in [0.1, 0.15) is 22.4 Å². The topological polar surface area (TPSA) is 107 Å². The van der Waals surface area contributed by atoms with Crippen LogP contribution in [0.3, 0.4) is 0 Å². The molecular formula is C7H6ClN5O2S. The van der Waals surface area contributed by atoms with Crippen LogP contribution in [0.1, 0.15) is 16.8 Å². The maximum absolute atomic E-state index is 11.2. The van der Waals surface area contributed by atoms with Crippen LogP contribution >= 0.6 is 24.2 Å². The number of hydrogen-bond acceptors (Lipinski definition) is 5. The van der Waals surface area contributed by atoms with Crippen LogP contribution in [0.2, 0.25) is 5.02 Å². The van der Waals surface area contributed by atoms with Gasteiger partial charge in [-0.2, -0.15) is 17.7 Å². The van der Waals surface area contributed by atoms with E-state index in [1.165, 1.54) is 6.33 Å². The van der Waals surface area contributed by atoms with Crippen molar-refractivity contribution in [3.05, 3.63) is 43.7 Å². The van der Waals surface area contributed by atoms with Gasteiger partial charge < -0.3 is 4.98 Å². The SMILES string of the molecule is O=c1[nH]c(C(S)c2ncn[nH]2)c(Cl)c(=O)[nH]1. The van der Waals surface area contributed by atoms with Gasteiger partial charge in [0.25, 0.3) is 5.56 Å². The number of rotatable bonds is 2. The molecule has 0 saturated heterocycles. The fraction of sp³-hybridized carbons (Fsp3) is 0.143. The summed E-state index contributed by atoms with van der Waals surface area (Å²) in [5.74, 6) is 0.381. The molecule has 0 aliphatic carbocycles. The number of thiol groups is 1. The number of aromatic amines is 3. The molecule has 0 spiro atoms. The van der Waals surface area contributed by atoms with Crippen LogP contribution in [0, 0.1) is 0 Å². The lowest BCUT2D eigenvalue weighted by Gasteiger charge is -2.07. The Kier molecular flexibility index (Phi) is 2.84. The van der Waals surface area contributed by atoms with Crippen LogP contribution in [-0.2, 0) is 0 Å². The van der Waals surface area contributed by atoms with Crippen LogP contribution in [0.25, 0.3) is 0 Å². The Labute approximate surface area is 98.7 Å². The molecule has 0 amide bonds. The molecule has 0 bridgehead atoms. The summed E-state index contributed by atoms with van der Waals surface area (Å²) in [5, 5.41) is 5.43. The van der Waals surface area contributed by atoms with Gasteiger partial charge in [-0.05, 0) is 0 Å². The quantitative estimate of drug-likeness (QED) is 0.563. The fourth-order valence-electron chi connectivity index (χ4n) is 1.16. The second-order valence-electron chi connectivity index (χ2n) is 2.91. The lowest BCUT2D eigenvalue weighted by atomic mass is 10.3. The number of nitrogens with one attached hydrogen (secondary N) is 3. The Bertz CT molecular complexity index is 604. The number of nitrogens with zero attached hydrogens (tertiary/aromatic N) is 2. The summed E-state index contributed by atoms with van der Waals surface area (Å²) in [6.07, 6.45) is 1.29. The van der Waals surface area contributed by atoms with Crippen molar-refractivity contribution in [1.82, 2.24) is 25.1 Å². The summed E-state index contributed by atoms with van der Waals surface area (Å²) < 4.78 is 0.